The van der Waals surface area contributed by atoms with Crippen LogP contribution in [0, 0.1) is 0 Å². The first kappa shape index (κ1) is 34.7. The number of rotatable bonds is 11. The van der Waals surface area contributed by atoms with Gasteiger partial charge in [-0.3, -0.25) is 0 Å². The Kier molecular flexibility index (Phi) is 11.1. The highest BCUT2D eigenvalue weighted by atomic mass is 28.4. The summed E-state index contributed by atoms with van der Waals surface area (Å²) < 4.78 is 12.4. The predicted molar refractivity (Wildman–Crippen MR) is 197 cm³/mol. The third-order valence-electron chi connectivity index (χ3n) is 11.1. The van der Waals surface area contributed by atoms with Gasteiger partial charge in [0.1, 0.15) is 11.5 Å². The SMILES string of the molecule is COc1ccc(C2CCc3cc(O[Si](C)(C)C(C)(C)C)ccc3C2)c(C(C)(N)Cc2ccc(CCCN3CCCCCC3)cc2)c1. The second-order valence-corrected chi connectivity index (χ2v) is 20.7. The van der Waals surface area contributed by atoms with Crippen molar-refractivity contribution < 1.29 is 9.16 Å². The van der Waals surface area contributed by atoms with E-state index < -0.39 is 13.9 Å². The molecule has 3 aromatic carbocycles. The van der Waals surface area contributed by atoms with Crippen LogP contribution < -0.4 is 14.9 Å². The van der Waals surface area contributed by atoms with Crippen LogP contribution >= 0.6 is 0 Å². The fourth-order valence-electron chi connectivity index (χ4n) is 7.23. The van der Waals surface area contributed by atoms with Crippen molar-refractivity contribution in [2.75, 3.05) is 26.7 Å². The van der Waals surface area contributed by atoms with E-state index in [0.717, 1.165) is 43.6 Å². The van der Waals surface area contributed by atoms with Crippen LogP contribution in [0.15, 0.2) is 60.7 Å². The molecule has 5 heteroatoms. The molecule has 1 fully saturated rings. The minimum atomic E-state index is -1.87. The molecule has 250 valence electrons. The second kappa shape index (κ2) is 14.7. The summed E-state index contributed by atoms with van der Waals surface area (Å²) in [7, 11) is -0.124. The van der Waals surface area contributed by atoms with Gasteiger partial charge in [-0.05, 0) is 160 Å². The molecule has 4 nitrogen and oxygen atoms in total. The van der Waals surface area contributed by atoms with E-state index >= 15 is 0 Å². The Hall–Kier alpha value is -2.60. The second-order valence-electron chi connectivity index (χ2n) is 16.0. The van der Waals surface area contributed by atoms with Gasteiger partial charge >= 0.3 is 0 Å². The number of aryl methyl sites for hydroxylation is 2. The third-order valence-corrected chi connectivity index (χ3v) is 15.5. The number of ether oxygens (including phenoxy) is 1. The molecule has 5 rings (SSSR count). The summed E-state index contributed by atoms with van der Waals surface area (Å²) in [5.41, 5.74) is 14.9. The standard InChI is InChI=1S/C41H60N2O2Si/c1-40(2,3)46(6,7)45-37-21-20-33-27-35(19-18-34(33)28-37)38-23-22-36(44-5)29-39(38)41(4,42)30-32-16-14-31(15-17-32)13-12-26-43-24-10-8-9-11-25-43/h14-17,20-23,28-29,35H,8-13,18-19,24-27,30,42H2,1-7H3. The maximum atomic E-state index is 7.25. The monoisotopic (exact) mass is 640 g/mol. The Bertz CT molecular complexity index is 1430. The number of fused-ring (bicyclic) bond motifs is 1. The molecule has 2 aliphatic rings. The van der Waals surface area contributed by atoms with Gasteiger partial charge in [-0.1, -0.05) is 70.0 Å². The lowest BCUT2D eigenvalue weighted by Gasteiger charge is -2.37. The molecule has 1 aliphatic carbocycles. The van der Waals surface area contributed by atoms with Crippen LogP contribution in [0.25, 0.3) is 0 Å². The van der Waals surface area contributed by atoms with E-state index in [2.05, 4.69) is 106 Å². The first-order valence-corrected chi connectivity index (χ1v) is 20.8. The minimum Gasteiger partial charge on any atom is -0.543 e. The van der Waals surface area contributed by atoms with Crippen molar-refractivity contribution in [3.8, 4) is 11.5 Å². The van der Waals surface area contributed by atoms with E-state index in [0.29, 0.717) is 5.92 Å². The van der Waals surface area contributed by atoms with E-state index in [9.17, 15) is 0 Å². The van der Waals surface area contributed by atoms with E-state index in [1.165, 1.54) is 85.1 Å². The fourth-order valence-corrected chi connectivity index (χ4v) is 8.25. The molecule has 0 saturated carbocycles. The zero-order valence-electron chi connectivity index (χ0n) is 29.9. The third kappa shape index (κ3) is 8.65. The molecule has 0 radical (unpaired) electrons. The van der Waals surface area contributed by atoms with Crippen LogP contribution in [0.5, 0.6) is 11.5 Å². The first-order valence-electron chi connectivity index (χ1n) is 17.9. The van der Waals surface area contributed by atoms with Gasteiger partial charge in [0.05, 0.1) is 7.11 Å². The molecule has 2 unspecified atom stereocenters. The molecule has 0 aromatic heterocycles. The molecule has 1 saturated heterocycles. The van der Waals surface area contributed by atoms with Gasteiger partial charge in [0, 0.05) is 5.54 Å². The van der Waals surface area contributed by atoms with Gasteiger partial charge in [0.15, 0.2) is 0 Å². The first-order chi connectivity index (χ1) is 21.8. The lowest BCUT2D eigenvalue weighted by Crippen LogP contribution is -2.43. The summed E-state index contributed by atoms with van der Waals surface area (Å²) in [6.07, 6.45) is 11.9. The molecule has 1 aliphatic heterocycles. The van der Waals surface area contributed by atoms with Gasteiger partial charge in [-0.2, -0.15) is 0 Å². The highest BCUT2D eigenvalue weighted by Crippen LogP contribution is 2.42. The van der Waals surface area contributed by atoms with E-state index in [-0.39, 0.29) is 5.04 Å². The largest absolute Gasteiger partial charge is 0.543 e. The Morgan fingerprint density at radius 3 is 2.17 bits per heavy atom. The average Bonchev–Trinajstić information content (AvgIpc) is 3.29. The number of nitrogens with two attached hydrogens (primary N) is 1. The molecule has 0 spiro atoms. The van der Waals surface area contributed by atoms with Crippen molar-refractivity contribution in [3.63, 3.8) is 0 Å². The molecule has 3 aromatic rings. The van der Waals surface area contributed by atoms with Crippen molar-refractivity contribution in [2.45, 2.75) is 121 Å². The van der Waals surface area contributed by atoms with Crippen molar-refractivity contribution in [1.29, 1.82) is 0 Å². The quantitative estimate of drug-likeness (QED) is 0.212. The van der Waals surface area contributed by atoms with E-state index in [1.807, 2.05) is 0 Å². The molecule has 2 atom stereocenters. The van der Waals surface area contributed by atoms with Crippen molar-refractivity contribution >= 4 is 8.32 Å². The van der Waals surface area contributed by atoms with Crippen molar-refractivity contribution in [2.24, 2.45) is 5.73 Å². The maximum Gasteiger partial charge on any atom is 0.250 e. The lowest BCUT2D eigenvalue weighted by molar-refractivity contribution is 0.281. The topological polar surface area (TPSA) is 47.7 Å². The van der Waals surface area contributed by atoms with Gasteiger partial charge in [0.25, 0.3) is 0 Å². The van der Waals surface area contributed by atoms with Gasteiger partial charge in [-0.15, -0.1) is 0 Å². The number of benzene rings is 3. The molecule has 46 heavy (non-hydrogen) atoms. The summed E-state index contributed by atoms with van der Waals surface area (Å²) in [6, 6.07) is 22.6. The summed E-state index contributed by atoms with van der Waals surface area (Å²) in [5.74, 6) is 2.33. The number of likely N-dealkylation sites (tertiary alicyclic amines) is 1. The molecule has 2 N–H and O–H groups in total. The number of nitrogens with zero attached hydrogens (tertiary/aromatic N) is 1. The Morgan fingerprint density at radius 1 is 0.826 bits per heavy atom. The average molecular weight is 641 g/mol. The van der Waals surface area contributed by atoms with Crippen molar-refractivity contribution in [1.82, 2.24) is 4.90 Å². The Morgan fingerprint density at radius 2 is 1.50 bits per heavy atom. The zero-order valence-corrected chi connectivity index (χ0v) is 30.9. The van der Waals surface area contributed by atoms with Gasteiger partial charge in [0.2, 0.25) is 8.32 Å². The zero-order chi connectivity index (χ0) is 33.0. The van der Waals surface area contributed by atoms with Gasteiger partial charge < -0.3 is 19.8 Å². The fraction of sp³-hybridized carbons (Fsp3) is 0.561. The summed E-state index contributed by atoms with van der Waals surface area (Å²) in [5, 5.41) is 0.182. The van der Waals surface area contributed by atoms with Gasteiger partial charge in [-0.25, -0.2) is 0 Å². The number of methoxy groups -OCH3 is 1. The number of hydrogen-bond acceptors (Lipinski definition) is 4. The molecule has 1 heterocycles. The van der Waals surface area contributed by atoms with Crippen molar-refractivity contribution in [3.05, 3.63) is 94.0 Å². The van der Waals surface area contributed by atoms with Crippen LogP contribution in [0.3, 0.4) is 0 Å². The highest BCUT2D eigenvalue weighted by Gasteiger charge is 2.39. The normalized spacial score (nSPS) is 19.2. The molecule has 0 bridgehead atoms. The van der Waals surface area contributed by atoms with E-state index in [4.69, 9.17) is 14.9 Å². The smallest absolute Gasteiger partial charge is 0.250 e. The maximum absolute atomic E-state index is 7.25. The minimum absolute atomic E-state index is 0.182. The summed E-state index contributed by atoms with van der Waals surface area (Å²) in [4.78, 5) is 2.67. The van der Waals surface area contributed by atoms with Crippen LogP contribution in [-0.2, 0) is 31.2 Å². The highest BCUT2D eigenvalue weighted by molar-refractivity contribution is 6.74. The lowest BCUT2D eigenvalue weighted by atomic mass is 9.74. The van der Waals surface area contributed by atoms with Crippen LogP contribution in [0.1, 0.15) is 106 Å². The molecule has 0 amide bonds. The Labute approximate surface area is 281 Å². The van der Waals surface area contributed by atoms with Crippen LogP contribution in [0.2, 0.25) is 18.1 Å². The summed E-state index contributed by atoms with van der Waals surface area (Å²) >= 11 is 0. The predicted octanol–water partition coefficient (Wildman–Crippen LogP) is 9.58. The summed E-state index contributed by atoms with van der Waals surface area (Å²) in [6.45, 7) is 17.5. The Balaban J connectivity index is 1.27. The van der Waals surface area contributed by atoms with E-state index in [1.54, 1.807) is 7.11 Å². The number of hydrogen-bond donors (Lipinski definition) is 1. The van der Waals surface area contributed by atoms with Crippen LogP contribution in [0.4, 0.5) is 0 Å². The van der Waals surface area contributed by atoms with Crippen LogP contribution in [-0.4, -0.2) is 40.0 Å². The molecular formula is C41H60N2O2Si. The molecular weight excluding hydrogens is 581 g/mol.